The Labute approximate surface area is 102 Å². The summed E-state index contributed by atoms with van der Waals surface area (Å²) < 4.78 is 18.4. The molecule has 6 heteroatoms. The van der Waals surface area contributed by atoms with Gasteiger partial charge in [-0.25, -0.2) is 4.39 Å². The fourth-order valence-electron chi connectivity index (χ4n) is 1.66. The molecular formula is C12H11FN2O3. The molecule has 0 saturated heterocycles. The van der Waals surface area contributed by atoms with Crippen LogP contribution in [0.1, 0.15) is 16.1 Å². The molecule has 5 nitrogen and oxygen atoms in total. The van der Waals surface area contributed by atoms with Crippen LogP contribution in [0.3, 0.4) is 0 Å². The first-order chi connectivity index (χ1) is 8.49. The van der Waals surface area contributed by atoms with E-state index in [9.17, 15) is 14.0 Å². The van der Waals surface area contributed by atoms with Crippen molar-refractivity contribution in [2.24, 2.45) is 5.73 Å². The highest BCUT2D eigenvalue weighted by molar-refractivity contribution is 6.00. The summed E-state index contributed by atoms with van der Waals surface area (Å²) in [6, 6.07) is 3.98. The van der Waals surface area contributed by atoms with E-state index in [-0.39, 0.29) is 12.3 Å². The van der Waals surface area contributed by atoms with Crippen LogP contribution in [-0.2, 0) is 4.79 Å². The summed E-state index contributed by atoms with van der Waals surface area (Å²) in [4.78, 5) is 22.3. The van der Waals surface area contributed by atoms with Crippen molar-refractivity contribution in [1.29, 1.82) is 0 Å². The van der Waals surface area contributed by atoms with E-state index in [0.29, 0.717) is 16.5 Å². The van der Waals surface area contributed by atoms with Gasteiger partial charge in [0, 0.05) is 10.9 Å². The van der Waals surface area contributed by atoms with Crippen molar-refractivity contribution in [2.75, 3.05) is 6.54 Å². The van der Waals surface area contributed by atoms with E-state index in [0.717, 1.165) is 0 Å². The average Bonchev–Trinajstić information content (AvgIpc) is 2.64. The standard InChI is InChI=1S/C12H11FN2O3/c1-6-8-4-7(13)2-3-9(8)18-11(6)12(17)15-5-10(14)16/h2-4H,5H2,1H3,(H2,14,16)(H,15,17). The van der Waals surface area contributed by atoms with Gasteiger partial charge in [-0.2, -0.15) is 0 Å². The van der Waals surface area contributed by atoms with Gasteiger partial charge in [0.1, 0.15) is 11.4 Å². The van der Waals surface area contributed by atoms with Crippen molar-refractivity contribution >= 4 is 22.8 Å². The number of rotatable bonds is 3. The highest BCUT2D eigenvalue weighted by Crippen LogP contribution is 2.25. The van der Waals surface area contributed by atoms with E-state index in [1.807, 2.05) is 0 Å². The number of aryl methyl sites for hydroxylation is 1. The minimum absolute atomic E-state index is 0.0526. The molecule has 2 amide bonds. The molecule has 2 rings (SSSR count). The van der Waals surface area contributed by atoms with Crippen LogP contribution in [0.5, 0.6) is 0 Å². The molecule has 0 spiro atoms. The van der Waals surface area contributed by atoms with Crippen molar-refractivity contribution in [3.8, 4) is 0 Å². The van der Waals surface area contributed by atoms with Gasteiger partial charge in [0.05, 0.1) is 6.54 Å². The number of hydrogen-bond donors (Lipinski definition) is 2. The van der Waals surface area contributed by atoms with Crippen LogP contribution in [0.25, 0.3) is 11.0 Å². The summed E-state index contributed by atoms with van der Waals surface area (Å²) in [5.74, 6) is -1.56. The number of fused-ring (bicyclic) bond motifs is 1. The van der Waals surface area contributed by atoms with Crippen LogP contribution in [0.15, 0.2) is 22.6 Å². The first-order valence-electron chi connectivity index (χ1n) is 5.24. The summed E-state index contributed by atoms with van der Waals surface area (Å²) in [7, 11) is 0. The second kappa shape index (κ2) is 4.48. The number of furan rings is 1. The normalized spacial score (nSPS) is 10.6. The second-order valence-electron chi connectivity index (χ2n) is 3.85. The Kier molecular flexibility index (Phi) is 3.01. The van der Waals surface area contributed by atoms with Crippen molar-refractivity contribution in [2.45, 2.75) is 6.92 Å². The maximum atomic E-state index is 13.1. The summed E-state index contributed by atoms with van der Waals surface area (Å²) in [6.45, 7) is 1.37. The third-order valence-electron chi connectivity index (χ3n) is 2.53. The first-order valence-corrected chi connectivity index (χ1v) is 5.24. The van der Waals surface area contributed by atoms with Gasteiger partial charge in [-0.3, -0.25) is 9.59 Å². The molecule has 0 saturated carbocycles. The maximum absolute atomic E-state index is 13.1. The molecule has 3 N–H and O–H groups in total. The summed E-state index contributed by atoms with van der Waals surface area (Å²) in [5.41, 5.74) is 5.85. The highest BCUT2D eigenvalue weighted by atomic mass is 19.1. The van der Waals surface area contributed by atoms with Gasteiger partial charge in [0.2, 0.25) is 5.91 Å². The first kappa shape index (κ1) is 12.1. The van der Waals surface area contributed by atoms with Crippen LogP contribution in [0, 0.1) is 12.7 Å². The fourth-order valence-corrected chi connectivity index (χ4v) is 1.66. The fraction of sp³-hybridized carbons (Fsp3) is 0.167. The van der Waals surface area contributed by atoms with Crippen LogP contribution in [0.2, 0.25) is 0 Å². The smallest absolute Gasteiger partial charge is 0.287 e. The van der Waals surface area contributed by atoms with E-state index in [2.05, 4.69) is 5.32 Å². The molecule has 1 heterocycles. The number of amides is 2. The van der Waals surface area contributed by atoms with Crippen LogP contribution < -0.4 is 11.1 Å². The molecule has 0 bridgehead atoms. The number of benzene rings is 1. The Balaban J connectivity index is 2.36. The predicted octanol–water partition coefficient (Wildman–Crippen LogP) is 1.10. The molecule has 1 aromatic carbocycles. The van der Waals surface area contributed by atoms with Crippen molar-refractivity contribution in [1.82, 2.24) is 5.32 Å². The molecule has 0 atom stereocenters. The Hall–Kier alpha value is -2.37. The Morgan fingerprint density at radius 3 is 2.83 bits per heavy atom. The average molecular weight is 250 g/mol. The van der Waals surface area contributed by atoms with Crippen molar-refractivity contribution < 1.29 is 18.4 Å². The molecule has 0 radical (unpaired) electrons. The van der Waals surface area contributed by atoms with Crippen molar-refractivity contribution in [3.63, 3.8) is 0 Å². The van der Waals surface area contributed by atoms with E-state index in [1.165, 1.54) is 18.2 Å². The molecule has 18 heavy (non-hydrogen) atoms. The van der Waals surface area contributed by atoms with E-state index in [4.69, 9.17) is 10.2 Å². The van der Waals surface area contributed by atoms with Gasteiger partial charge in [0.15, 0.2) is 5.76 Å². The summed E-state index contributed by atoms with van der Waals surface area (Å²) >= 11 is 0. The number of primary amides is 1. The number of carbonyl (C=O) groups excluding carboxylic acids is 2. The number of nitrogens with one attached hydrogen (secondary N) is 1. The molecule has 0 unspecified atom stereocenters. The van der Waals surface area contributed by atoms with Crippen LogP contribution in [0.4, 0.5) is 4.39 Å². The molecule has 1 aromatic heterocycles. The van der Waals surface area contributed by atoms with Crippen LogP contribution >= 0.6 is 0 Å². The zero-order chi connectivity index (χ0) is 13.3. The molecule has 0 fully saturated rings. The van der Waals surface area contributed by atoms with Gasteiger partial charge < -0.3 is 15.5 Å². The van der Waals surface area contributed by atoms with E-state index in [1.54, 1.807) is 6.92 Å². The minimum atomic E-state index is -0.650. The summed E-state index contributed by atoms with van der Waals surface area (Å²) in [5, 5.41) is 2.84. The second-order valence-corrected chi connectivity index (χ2v) is 3.85. The van der Waals surface area contributed by atoms with Gasteiger partial charge in [-0.1, -0.05) is 0 Å². The lowest BCUT2D eigenvalue weighted by molar-refractivity contribution is -0.117. The molecular weight excluding hydrogens is 239 g/mol. The van der Waals surface area contributed by atoms with Crippen LogP contribution in [-0.4, -0.2) is 18.4 Å². The number of hydrogen-bond acceptors (Lipinski definition) is 3. The number of carbonyl (C=O) groups is 2. The minimum Gasteiger partial charge on any atom is -0.451 e. The van der Waals surface area contributed by atoms with Gasteiger partial charge in [-0.05, 0) is 25.1 Å². The van der Waals surface area contributed by atoms with Gasteiger partial charge in [-0.15, -0.1) is 0 Å². The SMILES string of the molecule is Cc1c(C(=O)NCC(N)=O)oc2ccc(F)cc12. The largest absolute Gasteiger partial charge is 0.451 e. The molecule has 0 aliphatic heterocycles. The predicted molar refractivity (Wildman–Crippen MR) is 62.4 cm³/mol. The Morgan fingerprint density at radius 2 is 2.17 bits per heavy atom. The number of halogens is 1. The maximum Gasteiger partial charge on any atom is 0.287 e. The van der Waals surface area contributed by atoms with Gasteiger partial charge in [0.25, 0.3) is 5.91 Å². The topological polar surface area (TPSA) is 85.3 Å². The molecule has 0 aliphatic rings. The van der Waals surface area contributed by atoms with E-state index >= 15 is 0 Å². The van der Waals surface area contributed by atoms with Crippen molar-refractivity contribution in [3.05, 3.63) is 35.3 Å². The zero-order valence-corrected chi connectivity index (χ0v) is 9.62. The lowest BCUT2D eigenvalue weighted by Crippen LogP contribution is -2.33. The number of nitrogens with two attached hydrogens (primary N) is 1. The summed E-state index contributed by atoms with van der Waals surface area (Å²) in [6.07, 6.45) is 0. The lowest BCUT2D eigenvalue weighted by Gasteiger charge is -1.99. The lowest BCUT2D eigenvalue weighted by atomic mass is 10.1. The third-order valence-corrected chi connectivity index (χ3v) is 2.53. The van der Waals surface area contributed by atoms with E-state index < -0.39 is 17.6 Å². The molecule has 94 valence electrons. The zero-order valence-electron chi connectivity index (χ0n) is 9.62. The molecule has 0 aliphatic carbocycles. The Bertz CT molecular complexity index is 634. The third kappa shape index (κ3) is 2.17. The monoisotopic (exact) mass is 250 g/mol. The highest BCUT2D eigenvalue weighted by Gasteiger charge is 2.18. The quantitative estimate of drug-likeness (QED) is 0.855. The van der Waals surface area contributed by atoms with Gasteiger partial charge >= 0.3 is 0 Å². The molecule has 2 aromatic rings. The Morgan fingerprint density at radius 1 is 1.44 bits per heavy atom.